The summed E-state index contributed by atoms with van der Waals surface area (Å²) < 4.78 is 0.776. The number of fused-ring (bicyclic) bond motifs is 1. The van der Waals surface area contributed by atoms with Crippen LogP contribution in [0.25, 0.3) is 6.08 Å². The van der Waals surface area contributed by atoms with Crippen molar-refractivity contribution in [2.24, 2.45) is 0 Å². The van der Waals surface area contributed by atoms with E-state index in [1.807, 2.05) is 0 Å². The summed E-state index contributed by atoms with van der Waals surface area (Å²) in [5.41, 5.74) is 1.17. The number of carbonyl (C=O) groups is 1. The van der Waals surface area contributed by atoms with E-state index in [4.69, 9.17) is 0 Å². The van der Waals surface area contributed by atoms with Crippen molar-refractivity contribution < 1.29 is 9.90 Å². The summed E-state index contributed by atoms with van der Waals surface area (Å²) in [6.07, 6.45) is 3.15. The van der Waals surface area contributed by atoms with Gasteiger partial charge in [0.15, 0.2) is 5.78 Å². The maximum absolute atomic E-state index is 11.1. The van der Waals surface area contributed by atoms with E-state index in [1.165, 1.54) is 12.1 Å². The van der Waals surface area contributed by atoms with Gasteiger partial charge in [0, 0.05) is 4.47 Å². The van der Waals surface area contributed by atoms with Gasteiger partial charge < -0.3 is 5.11 Å². The summed E-state index contributed by atoms with van der Waals surface area (Å²) in [6.45, 7) is 0. The molecule has 1 aromatic rings. The fourth-order valence-electron chi connectivity index (χ4n) is 1.26. The standard InChI is InChI=1S/C9H5BrO2/c10-6-3-5-1-2-7(11)9(5)8(12)4-6/h1-4,12H. The predicted molar refractivity (Wildman–Crippen MR) is 49.2 cm³/mol. The Labute approximate surface area is 77.7 Å². The molecule has 2 rings (SSSR count). The summed E-state index contributed by atoms with van der Waals surface area (Å²) in [5, 5.41) is 9.39. The van der Waals surface area contributed by atoms with Crippen molar-refractivity contribution in [1.29, 1.82) is 0 Å². The van der Waals surface area contributed by atoms with Crippen LogP contribution in [-0.4, -0.2) is 10.9 Å². The molecule has 0 fully saturated rings. The molecule has 1 aromatic carbocycles. The average Bonchev–Trinajstić information content (AvgIpc) is 2.31. The topological polar surface area (TPSA) is 37.3 Å². The van der Waals surface area contributed by atoms with E-state index in [1.54, 1.807) is 12.1 Å². The molecular formula is C9H5BrO2. The molecule has 0 atom stereocenters. The second-order valence-corrected chi connectivity index (χ2v) is 3.50. The van der Waals surface area contributed by atoms with Crippen LogP contribution in [0.4, 0.5) is 0 Å². The Morgan fingerprint density at radius 1 is 1.25 bits per heavy atom. The van der Waals surface area contributed by atoms with Crippen LogP contribution in [0.2, 0.25) is 0 Å². The highest BCUT2D eigenvalue weighted by atomic mass is 79.9. The van der Waals surface area contributed by atoms with Crippen LogP contribution >= 0.6 is 15.9 Å². The normalized spacial score (nSPS) is 13.6. The van der Waals surface area contributed by atoms with Crippen LogP contribution in [0.1, 0.15) is 15.9 Å². The number of benzene rings is 1. The van der Waals surface area contributed by atoms with E-state index in [9.17, 15) is 9.90 Å². The van der Waals surface area contributed by atoms with Crippen molar-refractivity contribution in [3.63, 3.8) is 0 Å². The molecule has 0 saturated carbocycles. The highest BCUT2D eigenvalue weighted by molar-refractivity contribution is 9.10. The van der Waals surface area contributed by atoms with Gasteiger partial charge in [-0.2, -0.15) is 0 Å². The third-order valence-electron chi connectivity index (χ3n) is 1.77. The van der Waals surface area contributed by atoms with Crippen molar-refractivity contribution in [3.8, 4) is 5.75 Å². The molecule has 1 N–H and O–H groups in total. The van der Waals surface area contributed by atoms with E-state index in [0.29, 0.717) is 5.56 Å². The van der Waals surface area contributed by atoms with Crippen molar-refractivity contribution in [2.45, 2.75) is 0 Å². The molecule has 0 amide bonds. The number of hydrogen-bond acceptors (Lipinski definition) is 2. The molecule has 60 valence electrons. The summed E-state index contributed by atoms with van der Waals surface area (Å²) >= 11 is 3.23. The van der Waals surface area contributed by atoms with Gasteiger partial charge >= 0.3 is 0 Å². The third kappa shape index (κ3) is 0.975. The molecule has 0 radical (unpaired) electrons. The van der Waals surface area contributed by atoms with E-state index in [2.05, 4.69) is 15.9 Å². The number of rotatable bonds is 0. The number of halogens is 1. The van der Waals surface area contributed by atoms with E-state index >= 15 is 0 Å². The minimum atomic E-state index is -0.130. The second-order valence-electron chi connectivity index (χ2n) is 2.59. The lowest BCUT2D eigenvalue weighted by Crippen LogP contribution is -1.91. The second kappa shape index (κ2) is 2.45. The Hall–Kier alpha value is -1.09. The molecule has 2 nitrogen and oxygen atoms in total. The van der Waals surface area contributed by atoms with Gasteiger partial charge in [-0.15, -0.1) is 0 Å². The molecule has 1 aliphatic rings. The molecule has 0 unspecified atom stereocenters. The van der Waals surface area contributed by atoms with Crippen molar-refractivity contribution >= 4 is 27.8 Å². The summed E-state index contributed by atoms with van der Waals surface area (Å²) in [7, 11) is 0. The lowest BCUT2D eigenvalue weighted by molar-refractivity contribution is 0.104. The van der Waals surface area contributed by atoms with Crippen LogP contribution in [0.3, 0.4) is 0 Å². The SMILES string of the molecule is O=C1C=Cc2cc(Br)cc(O)c21. The van der Waals surface area contributed by atoms with Gasteiger partial charge in [0.05, 0.1) is 5.56 Å². The van der Waals surface area contributed by atoms with E-state index < -0.39 is 0 Å². The molecule has 0 aromatic heterocycles. The van der Waals surface area contributed by atoms with Crippen molar-refractivity contribution in [1.82, 2.24) is 0 Å². The number of phenols is 1. The van der Waals surface area contributed by atoms with Gasteiger partial charge in [-0.05, 0) is 23.8 Å². The summed E-state index contributed by atoms with van der Waals surface area (Å²) in [6, 6.07) is 3.32. The van der Waals surface area contributed by atoms with Gasteiger partial charge in [-0.1, -0.05) is 22.0 Å². The molecule has 12 heavy (non-hydrogen) atoms. The zero-order valence-corrected chi connectivity index (χ0v) is 7.63. The lowest BCUT2D eigenvalue weighted by atomic mass is 10.1. The highest BCUT2D eigenvalue weighted by Crippen LogP contribution is 2.31. The highest BCUT2D eigenvalue weighted by Gasteiger charge is 2.18. The quantitative estimate of drug-likeness (QED) is 0.735. The molecule has 0 saturated heterocycles. The number of allylic oxidation sites excluding steroid dienone is 1. The first-order valence-electron chi connectivity index (χ1n) is 3.43. The number of carbonyl (C=O) groups excluding carboxylic acids is 1. The predicted octanol–water partition coefficient (Wildman–Crippen LogP) is 2.36. The molecular weight excluding hydrogens is 220 g/mol. The molecule has 1 aliphatic carbocycles. The number of phenolic OH excluding ortho intramolecular Hbond substituents is 1. The van der Waals surface area contributed by atoms with Crippen LogP contribution < -0.4 is 0 Å². The fraction of sp³-hybridized carbons (Fsp3) is 0. The van der Waals surface area contributed by atoms with Gasteiger partial charge in [0.25, 0.3) is 0 Å². The van der Waals surface area contributed by atoms with Gasteiger partial charge in [-0.25, -0.2) is 0 Å². The van der Waals surface area contributed by atoms with Crippen LogP contribution in [0, 0.1) is 0 Å². The smallest absolute Gasteiger partial charge is 0.190 e. The number of hydrogen-bond donors (Lipinski definition) is 1. The van der Waals surface area contributed by atoms with E-state index in [0.717, 1.165) is 10.0 Å². The summed E-state index contributed by atoms with van der Waals surface area (Å²) in [5.74, 6) is -0.0932. The molecule has 0 heterocycles. The first-order chi connectivity index (χ1) is 5.68. The minimum absolute atomic E-state index is 0.0365. The summed E-state index contributed by atoms with van der Waals surface area (Å²) in [4.78, 5) is 11.1. The van der Waals surface area contributed by atoms with Gasteiger partial charge in [0.2, 0.25) is 0 Å². The molecule has 0 aliphatic heterocycles. The van der Waals surface area contributed by atoms with Gasteiger partial charge in [0.1, 0.15) is 5.75 Å². The number of aromatic hydroxyl groups is 1. The maximum Gasteiger partial charge on any atom is 0.190 e. The van der Waals surface area contributed by atoms with E-state index in [-0.39, 0.29) is 11.5 Å². The monoisotopic (exact) mass is 224 g/mol. The number of ketones is 1. The first-order valence-corrected chi connectivity index (χ1v) is 4.23. The molecule has 3 heteroatoms. The largest absolute Gasteiger partial charge is 0.507 e. The van der Waals surface area contributed by atoms with Gasteiger partial charge in [-0.3, -0.25) is 4.79 Å². The molecule has 0 bridgehead atoms. The van der Waals surface area contributed by atoms with Crippen molar-refractivity contribution in [3.05, 3.63) is 33.8 Å². The average molecular weight is 225 g/mol. The zero-order valence-electron chi connectivity index (χ0n) is 6.04. The Bertz CT molecular complexity index is 394. The Morgan fingerprint density at radius 2 is 2.00 bits per heavy atom. The maximum atomic E-state index is 11.1. The van der Waals surface area contributed by atoms with Crippen LogP contribution in [-0.2, 0) is 0 Å². The Kier molecular flexibility index (Phi) is 1.54. The van der Waals surface area contributed by atoms with Crippen LogP contribution in [0.5, 0.6) is 5.75 Å². The fourth-order valence-corrected chi connectivity index (χ4v) is 1.73. The molecule has 0 spiro atoms. The first kappa shape index (κ1) is 7.55. The Balaban J connectivity index is 2.74. The van der Waals surface area contributed by atoms with Crippen LogP contribution in [0.15, 0.2) is 22.7 Å². The Morgan fingerprint density at radius 3 is 2.75 bits per heavy atom. The third-order valence-corrected chi connectivity index (χ3v) is 2.23. The van der Waals surface area contributed by atoms with Crippen molar-refractivity contribution in [2.75, 3.05) is 0 Å². The lowest BCUT2D eigenvalue weighted by Gasteiger charge is -2.01. The zero-order chi connectivity index (χ0) is 8.72. The minimum Gasteiger partial charge on any atom is -0.507 e.